The minimum absolute atomic E-state index is 0.0307. The molecule has 2 aliphatic heterocycles. The summed E-state index contributed by atoms with van der Waals surface area (Å²) in [5.74, 6) is -2.58. The Morgan fingerprint density at radius 3 is 2.24 bits per heavy atom. The van der Waals surface area contributed by atoms with Crippen LogP contribution < -0.4 is 21.3 Å². The van der Waals surface area contributed by atoms with Crippen LogP contribution in [0.15, 0.2) is 0 Å². The number of amides is 5. The summed E-state index contributed by atoms with van der Waals surface area (Å²) in [5.41, 5.74) is -0.321. The molecule has 226 valence electrons. The van der Waals surface area contributed by atoms with Gasteiger partial charge in [-0.2, -0.15) is 0 Å². The summed E-state index contributed by atoms with van der Waals surface area (Å²) in [5, 5.41) is 11.3. The smallest absolute Gasteiger partial charge is 0.289 e. The lowest BCUT2D eigenvalue weighted by Gasteiger charge is -2.60. The molecular weight excluding hydrogens is 526 g/mol. The molecule has 41 heavy (non-hydrogen) atoms. The quantitative estimate of drug-likeness (QED) is 0.271. The third kappa shape index (κ3) is 6.14. The standard InChI is InChI=1S/C30H45N5O6/c1-17(2)23(34-29(41)30-14-18(15-30)16-30)28(40)35-12-6-9-22(35)26(38)33-21(13-19-10-11-31-25(19)37)24(36)27(39)32-20-7-4-3-5-8-20/h17-23H,3-16H2,1-2H3,(H,31,37)(H,32,39)(H,33,38)(H,34,41). The number of nitrogens with one attached hydrogen (secondary N) is 4. The van der Waals surface area contributed by atoms with E-state index in [-0.39, 0.29) is 41.5 Å². The highest BCUT2D eigenvalue weighted by Gasteiger charge is 2.61. The molecule has 4 aliphatic carbocycles. The fraction of sp³-hybridized carbons (Fsp3) is 0.800. The van der Waals surface area contributed by atoms with Crippen molar-refractivity contribution in [3.63, 3.8) is 0 Å². The first-order valence-electron chi connectivity index (χ1n) is 15.6. The van der Waals surface area contributed by atoms with Gasteiger partial charge in [-0.1, -0.05) is 33.1 Å². The minimum atomic E-state index is -1.16. The highest BCUT2D eigenvalue weighted by molar-refractivity contribution is 6.38. The SMILES string of the molecule is CC(C)C(NC(=O)C12CC(C1)C2)C(=O)N1CCCC1C(=O)NC(CC1CCNC1=O)C(=O)C(=O)NC1CCCCC1. The monoisotopic (exact) mass is 571 g/mol. The Balaban J connectivity index is 1.25. The number of rotatable bonds is 11. The Labute approximate surface area is 241 Å². The molecule has 2 bridgehead atoms. The molecule has 2 saturated heterocycles. The van der Waals surface area contributed by atoms with E-state index in [1.54, 1.807) is 0 Å². The molecule has 11 heteroatoms. The number of nitrogens with zero attached hydrogens (tertiary/aromatic N) is 1. The number of carbonyl (C=O) groups excluding carboxylic acids is 6. The molecule has 6 rings (SSSR count). The van der Waals surface area contributed by atoms with Crippen molar-refractivity contribution in [3.8, 4) is 0 Å². The molecule has 4 unspecified atom stereocenters. The van der Waals surface area contributed by atoms with E-state index in [0.717, 1.165) is 51.4 Å². The molecule has 4 atom stereocenters. The van der Waals surface area contributed by atoms with Gasteiger partial charge in [-0.25, -0.2) is 0 Å². The van der Waals surface area contributed by atoms with Crippen LogP contribution >= 0.6 is 0 Å². The van der Waals surface area contributed by atoms with Crippen molar-refractivity contribution in [2.24, 2.45) is 23.2 Å². The van der Waals surface area contributed by atoms with Crippen LogP contribution in [0.2, 0.25) is 0 Å². The van der Waals surface area contributed by atoms with E-state index < -0.39 is 41.6 Å². The van der Waals surface area contributed by atoms with Crippen molar-refractivity contribution >= 4 is 35.3 Å². The number of hydrogen-bond donors (Lipinski definition) is 4. The van der Waals surface area contributed by atoms with Crippen LogP contribution in [0.1, 0.15) is 90.9 Å². The van der Waals surface area contributed by atoms with Crippen LogP contribution in [-0.4, -0.2) is 77.5 Å². The average Bonchev–Trinajstić information content (AvgIpc) is 3.54. The summed E-state index contributed by atoms with van der Waals surface area (Å²) in [4.78, 5) is 80.4. The van der Waals surface area contributed by atoms with Gasteiger partial charge in [0.15, 0.2) is 0 Å². The van der Waals surface area contributed by atoms with Crippen molar-refractivity contribution in [2.45, 2.75) is 115 Å². The molecular formula is C30H45N5O6. The summed E-state index contributed by atoms with van der Waals surface area (Å²) in [6.45, 7) is 4.61. The second kappa shape index (κ2) is 12.1. The molecule has 6 aliphatic rings. The van der Waals surface area contributed by atoms with Gasteiger partial charge in [0.2, 0.25) is 29.4 Å². The van der Waals surface area contributed by atoms with Gasteiger partial charge in [0.05, 0.1) is 6.04 Å². The van der Waals surface area contributed by atoms with Gasteiger partial charge in [-0.05, 0) is 69.6 Å². The fourth-order valence-corrected chi connectivity index (χ4v) is 7.36. The minimum Gasteiger partial charge on any atom is -0.356 e. The average molecular weight is 572 g/mol. The van der Waals surface area contributed by atoms with Crippen LogP contribution in [0.4, 0.5) is 0 Å². The zero-order chi connectivity index (χ0) is 29.3. The van der Waals surface area contributed by atoms with Crippen molar-refractivity contribution in [3.05, 3.63) is 0 Å². The Morgan fingerprint density at radius 2 is 1.66 bits per heavy atom. The summed E-state index contributed by atoms with van der Waals surface area (Å²) in [7, 11) is 0. The van der Waals surface area contributed by atoms with E-state index in [9.17, 15) is 28.8 Å². The van der Waals surface area contributed by atoms with Crippen molar-refractivity contribution in [2.75, 3.05) is 13.1 Å². The summed E-state index contributed by atoms with van der Waals surface area (Å²) >= 11 is 0. The van der Waals surface area contributed by atoms with E-state index in [0.29, 0.717) is 38.3 Å². The molecule has 0 aromatic carbocycles. The molecule has 6 fully saturated rings. The third-order valence-electron chi connectivity index (χ3n) is 10.1. The number of likely N-dealkylation sites (tertiary alicyclic amines) is 1. The van der Waals surface area contributed by atoms with E-state index in [2.05, 4.69) is 21.3 Å². The topological polar surface area (TPSA) is 154 Å². The maximum atomic E-state index is 13.7. The predicted octanol–water partition coefficient (Wildman–Crippen LogP) is 0.947. The second-order valence-corrected chi connectivity index (χ2v) is 13.4. The molecule has 2 heterocycles. The Morgan fingerprint density at radius 1 is 0.951 bits per heavy atom. The van der Waals surface area contributed by atoms with E-state index in [4.69, 9.17) is 0 Å². The molecule has 0 aromatic rings. The van der Waals surface area contributed by atoms with Crippen molar-refractivity contribution in [1.82, 2.24) is 26.2 Å². The van der Waals surface area contributed by atoms with E-state index >= 15 is 0 Å². The highest BCUT2D eigenvalue weighted by atomic mass is 16.2. The van der Waals surface area contributed by atoms with Crippen molar-refractivity contribution in [1.29, 1.82) is 0 Å². The molecule has 0 aromatic heterocycles. The normalized spacial score (nSPS) is 30.5. The van der Waals surface area contributed by atoms with Gasteiger partial charge in [-0.15, -0.1) is 0 Å². The van der Waals surface area contributed by atoms with Crippen LogP contribution in [-0.2, 0) is 28.8 Å². The zero-order valence-electron chi connectivity index (χ0n) is 24.3. The first-order chi connectivity index (χ1) is 19.6. The maximum Gasteiger partial charge on any atom is 0.289 e. The van der Waals surface area contributed by atoms with Crippen LogP contribution in [0.25, 0.3) is 0 Å². The third-order valence-corrected chi connectivity index (χ3v) is 10.1. The van der Waals surface area contributed by atoms with Gasteiger partial charge in [0, 0.05) is 30.5 Å². The number of Topliss-reactive ketones (excluding diaryl/α,β-unsaturated/α-hetero) is 1. The summed E-state index contributed by atoms with van der Waals surface area (Å²) < 4.78 is 0. The summed E-state index contributed by atoms with van der Waals surface area (Å²) in [6.07, 6.45) is 8.96. The molecule has 0 spiro atoms. The molecule has 5 amide bonds. The van der Waals surface area contributed by atoms with Crippen LogP contribution in [0.5, 0.6) is 0 Å². The molecule has 4 N–H and O–H groups in total. The number of hydrogen-bond acceptors (Lipinski definition) is 6. The van der Waals surface area contributed by atoms with Gasteiger partial charge < -0.3 is 26.2 Å². The lowest BCUT2D eigenvalue weighted by Crippen LogP contribution is -2.64. The first-order valence-corrected chi connectivity index (χ1v) is 15.6. The second-order valence-electron chi connectivity index (χ2n) is 13.4. The van der Waals surface area contributed by atoms with E-state index in [1.807, 2.05) is 13.8 Å². The number of carbonyl (C=O) groups is 6. The summed E-state index contributed by atoms with van der Waals surface area (Å²) in [6, 6.07) is -2.79. The molecule has 0 radical (unpaired) electrons. The van der Waals surface area contributed by atoms with Gasteiger partial charge in [-0.3, -0.25) is 28.8 Å². The highest BCUT2D eigenvalue weighted by Crippen LogP contribution is 2.64. The Kier molecular flexibility index (Phi) is 8.70. The maximum absolute atomic E-state index is 13.7. The van der Waals surface area contributed by atoms with Gasteiger partial charge in [0.1, 0.15) is 12.1 Å². The predicted molar refractivity (Wildman–Crippen MR) is 149 cm³/mol. The lowest BCUT2D eigenvalue weighted by atomic mass is 9.44. The lowest BCUT2D eigenvalue weighted by molar-refractivity contribution is -0.167. The largest absolute Gasteiger partial charge is 0.356 e. The fourth-order valence-electron chi connectivity index (χ4n) is 7.36. The van der Waals surface area contributed by atoms with Gasteiger partial charge >= 0.3 is 0 Å². The zero-order valence-corrected chi connectivity index (χ0v) is 24.3. The van der Waals surface area contributed by atoms with Crippen molar-refractivity contribution < 1.29 is 28.8 Å². The first kappa shape index (κ1) is 29.5. The Hall–Kier alpha value is -2.98. The van der Waals surface area contributed by atoms with Crippen LogP contribution in [0.3, 0.4) is 0 Å². The number of ketones is 1. The van der Waals surface area contributed by atoms with Gasteiger partial charge in [0.25, 0.3) is 5.91 Å². The molecule has 4 saturated carbocycles. The van der Waals surface area contributed by atoms with Crippen LogP contribution in [0, 0.1) is 23.2 Å². The van der Waals surface area contributed by atoms with E-state index in [1.165, 1.54) is 4.90 Å². The Bertz CT molecular complexity index is 1070. The molecule has 11 nitrogen and oxygen atoms in total.